The minimum Gasteiger partial charge on any atom is -0.481 e. The van der Waals surface area contributed by atoms with Gasteiger partial charge in [0.25, 0.3) is 0 Å². The summed E-state index contributed by atoms with van der Waals surface area (Å²) >= 11 is 5.88. The molecular weight excluding hydrogens is 370 g/mol. The van der Waals surface area contributed by atoms with E-state index in [1.807, 2.05) is 0 Å². The van der Waals surface area contributed by atoms with Crippen LogP contribution in [-0.4, -0.2) is 50.0 Å². The third-order valence-electron chi connectivity index (χ3n) is 5.23. The molecule has 9 heteroatoms. The number of rotatable bonds is 4. The smallest absolute Gasteiger partial charge is 0.339 e. The molecule has 0 unspecified atom stereocenters. The molecule has 0 bridgehead atoms. The Morgan fingerprint density at radius 2 is 2.12 bits per heavy atom. The molecule has 1 heterocycles. The summed E-state index contributed by atoms with van der Waals surface area (Å²) in [5.41, 5.74) is -1.19. The molecule has 25 heavy (non-hydrogen) atoms. The van der Waals surface area contributed by atoms with Gasteiger partial charge in [0.2, 0.25) is 10.0 Å². The molecule has 0 spiro atoms. The van der Waals surface area contributed by atoms with Crippen molar-refractivity contribution in [1.29, 1.82) is 0 Å². The summed E-state index contributed by atoms with van der Waals surface area (Å²) in [4.78, 5) is 23.5. The van der Waals surface area contributed by atoms with Gasteiger partial charge in [-0.05, 0) is 37.0 Å². The van der Waals surface area contributed by atoms with Crippen molar-refractivity contribution in [2.75, 3.05) is 20.2 Å². The van der Waals surface area contributed by atoms with Gasteiger partial charge in [-0.3, -0.25) is 4.79 Å². The molecule has 1 saturated heterocycles. The SMILES string of the molecule is COC(=O)c1cc(Cl)ccc1S(=O)(=O)N1C[C@@H]2CCC[C@@]2(C(=O)O)C1. The Hall–Kier alpha value is -1.64. The van der Waals surface area contributed by atoms with E-state index in [-0.39, 0.29) is 34.5 Å². The van der Waals surface area contributed by atoms with Crippen LogP contribution in [0.15, 0.2) is 23.1 Å². The van der Waals surface area contributed by atoms with Gasteiger partial charge in [0, 0.05) is 18.1 Å². The summed E-state index contributed by atoms with van der Waals surface area (Å²) in [6.07, 6.45) is 1.92. The standard InChI is InChI=1S/C16H18ClNO6S/c1-24-14(19)12-7-11(17)4-5-13(12)25(22,23)18-8-10-3-2-6-16(10,9-18)15(20)21/h4-5,7,10H,2-3,6,8-9H2,1H3,(H,20,21)/t10-,16+/m0/s1. The van der Waals surface area contributed by atoms with Crippen LogP contribution < -0.4 is 0 Å². The van der Waals surface area contributed by atoms with Crippen molar-refractivity contribution in [2.45, 2.75) is 24.2 Å². The lowest BCUT2D eigenvalue weighted by Gasteiger charge is -2.23. The van der Waals surface area contributed by atoms with Crippen molar-refractivity contribution in [3.05, 3.63) is 28.8 Å². The van der Waals surface area contributed by atoms with Gasteiger partial charge < -0.3 is 9.84 Å². The third-order valence-corrected chi connectivity index (χ3v) is 7.34. The van der Waals surface area contributed by atoms with Gasteiger partial charge >= 0.3 is 11.9 Å². The lowest BCUT2D eigenvalue weighted by atomic mass is 9.81. The zero-order valence-electron chi connectivity index (χ0n) is 13.6. The number of carbonyl (C=O) groups excluding carboxylic acids is 1. The quantitative estimate of drug-likeness (QED) is 0.793. The van der Waals surface area contributed by atoms with E-state index in [2.05, 4.69) is 4.74 Å². The van der Waals surface area contributed by atoms with Gasteiger partial charge in [-0.1, -0.05) is 18.0 Å². The van der Waals surface area contributed by atoms with Gasteiger partial charge in [0.1, 0.15) is 0 Å². The van der Waals surface area contributed by atoms with Crippen LogP contribution >= 0.6 is 11.6 Å². The summed E-state index contributed by atoms with van der Waals surface area (Å²) in [5.74, 6) is -1.99. The van der Waals surface area contributed by atoms with Crippen molar-refractivity contribution in [3.63, 3.8) is 0 Å². The van der Waals surface area contributed by atoms with Gasteiger partial charge in [0.15, 0.2) is 0 Å². The maximum Gasteiger partial charge on any atom is 0.339 e. The average Bonchev–Trinajstić information content (AvgIpc) is 3.12. The van der Waals surface area contributed by atoms with Crippen molar-refractivity contribution >= 4 is 33.6 Å². The maximum absolute atomic E-state index is 13.1. The van der Waals surface area contributed by atoms with Crippen molar-refractivity contribution in [2.24, 2.45) is 11.3 Å². The summed E-state index contributed by atoms with van der Waals surface area (Å²) in [7, 11) is -2.89. The van der Waals surface area contributed by atoms with E-state index in [9.17, 15) is 23.1 Å². The van der Waals surface area contributed by atoms with E-state index in [4.69, 9.17) is 11.6 Å². The molecule has 7 nitrogen and oxygen atoms in total. The van der Waals surface area contributed by atoms with Crippen molar-refractivity contribution in [1.82, 2.24) is 4.31 Å². The zero-order chi connectivity index (χ0) is 18.4. The number of nitrogens with zero attached hydrogens (tertiary/aromatic N) is 1. The van der Waals surface area contributed by atoms with Gasteiger partial charge in [-0.2, -0.15) is 4.31 Å². The number of benzene rings is 1. The summed E-state index contributed by atoms with van der Waals surface area (Å²) < 4.78 is 31.9. The first-order chi connectivity index (χ1) is 11.7. The van der Waals surface area contributed by atoms with Crippen LogP contribution in [0.5, 0.6) is 0 Å². The highest BCUT2D eigenvalue weighted by Crippen LogP contribution is 2.50. The molecule has 1 aliphatic heterocycles. The molecule has 0 radical (unpaired) electrons. The molecule has 136 valence electrons. The Labute approximate surface area is 150 Å². The highest BCUT2D eigenvalue weighted by molar-refractivity contribution is 7.89. The number of carboxylic acids is 1. The first kappa shape index (κ1) is 18.2. The lowest BCUT2D eigenvalue weighted by Crippen LogP contribution is -2.37. The van der Waals surface area contributed by atoms with E-state index >= 15 is 0 Å². The van der Waals surface area contributed by atoms with Crippen molar-refractivity contribution in [3.8, 4) is 0 Å². The van der Waals surface area contributed by atoms with E-state index in [0.717, 1.165) is 13.5 Å². The number of carboxylic acid groups (broad SMARTS) is 1. The van der Waals surface area contributed by atoms with Gasteiger partial charge in [0.05, 0.1) is 23.0 Å². The number of halogens is 1. The third kappa shape index (κ3) is 2.82. The maximum atomic E-state index is 13.1. The lowest BCUT2D eigenvalue weighted by molar-refractivity contribution is -0.149. The average molecular weight is 388 g/mol. The van der Waals surface area contributed by atoms with Gasteiger partial charge in [-0.15, -0.1) is 0 Å². The van der Waals surface area contributed by atoms with Crippen LogP contribution in [0.25, 0.3) is 0 Å². The molecule has 3 rings (SSSR count). The Morgan fingerprint density at radius 3 is 2.72 bits per heavy atom. The normalized spacial score (nSPS) is 26.4. The minimum atomic E-state index is -4.04. The Morgan fingerprint density at radius 1 is 1.40 bits per heavy atom. The fraction of sp³-hybridized carbons (Fsp3) is 0.500. The molecule has 1 saturated carbocycles. The molecule has 0 amide bonds. The number of methoxy groups -OCH3 is 1. The number of aliphatic carboxylic acids is 1. The summed E-state index contributed by atoms with van der Waals surface area (Å²) in [5, 5.41) is 9.84. The van der Waals surface area contributed by atoms with Crippen LogP contribution in [0.3, 0.4) is 0 Å². The molecule has 2 atom stereocenters. The molecule has 1 aliphatic carbocycles. The molecule has 2 aliphatic rings. The number of hydrogen-bond donors (Lipinski definition) is 1. The number of sulfonamides is 1. The van der Waals surface area contributed by atoms with Crippen LogP contribution in [0.4, 0.5) is 0 Å². The van der Waals surface area contributed by atoms with E-state index in [0.29, 0.717) is 12.8 Å². The zero-order valence-corrected chi connectivity index (χ0v) is 15.1. The van der Waals surface area contributed by atoms with E-state index in [1.165, 1.54) is 22.5 Å². The number of fused-ring (bicyclic) bond motifs is 1. The molecule has 1 N–H and O–H groups in total. The molecule has 1 aromatic rings. The molecule has 0 aromatic heterocycles. The fourth-order valence-electron chi connectivity index (χ4n) is 3.91. The number of ether oxygens (including phenoxy) is 1. The largest absolute Gasteiger partial charge is 0.481 e. The molecular formula is C16H18ClNO6S. The number of carbonyl (C=O) groups is 2. The summed E-state index contributed by atoms with van der Waals surface area (Å²) in [6.45, 7) is 0.0520. The first-order valence-electron chi connectivity index (χ1n) is 7.84. The first-order valence-corrected chi connectivity index (χ1v) is 9.65. The highest BCUT2D eigenvalue weighted by Gasteiger charge is 2.57. The topological polar surface area (TPSA) is 101 Å². The Kier molecular flexibility index (Phi) is 4.55. The van der Waals surface area contributed by atoms with Gasteiger partial charge in [-0.25, -0.2) is 13.2 Å². The van der Waals surface area contributed by atoms with E-state index < -0.39 is 27.4 Å². The van der Waals surface area contributed by atoms with Crippen molar-refractivity contribution < 1.29 is 27.9 Å². The molecule has 2 fully saturated rings. The monoisotopic (exact) mass is 387 g/mol. The van der Waals surface area contributed by atoms with E-state index in [1.54, 1.807) is 0 Å². The predicted octanol–water partition coefficient (Wildman–Crippen LogP) is 2.00. The summed E-state index contributed by atoms with van der Waals surface area (Å²) in [6, 6.07) is 3.88. The minimum absolute atomic E-state index is 0.0847. The number of hydrogen-bond acceptors (Lipinski definition) is 5. The Balaban J connectivity index is 2.02. The Bertz CT molecular complexity index is 839. The predicted molar refractivity (Wildman–Crippen MR) is 89.0 cm³/mol. The van der Waals surface area contributed by atoms with Crippen LogP contribution in [-0.2, 0) is 19.6 Å². The second-order valence-corrected chi connectivity index (χ2v) is 8.82. The van der Waals surface area contributed by atoms with Crippen LogP contribution in [0.1, 0.15) is 29.6 Å². The highest BCUT2D eigenvalue weighted by atomic mass is 35.5. The van der Waals surface area contributed by atoms with Crippen LogP contribution in [0, 0.1) is 11.3 Å². The second kappa shape index (κ2) is 6.26. The molecule has 1 aromatic carbocycles. The number of esters is 1. The van der Waals surface area contributed by atoms with Crippen LogP contribution in [0.2, 0.25) is 5.02 Å². The second-order valence-electron chi connectivity index (χ2n) is 6.48. The fourth-order valence-corrected chi connectivity index (χ4v) is 5.80.